The summed E-state index contributed by atoms with van der Waals surface area (Å²) in [5, 5.41) is 2.22. The number of alkyl halides is 8. The van der Waals surface area contributed by atoms with Crippen molar-refractivity contribution in [1.82, 2.24) is 0 Å². The fourth-order valence-electron chi connectivity index (χ4n) is 4.68. The molecule has 0 radical (unpaired) electrons. The second-order valence-electron chi connectivity index (χ2n) is 10.1. The SMILES string of the molecule is O=C(COC(F)(F)F)Cc1c(F)ccc(CC(=O)c2cc(NC(=O)[C@H]3[C@H](c4cc(F)cc(C(F)(F)F)c4)C3(Cl)Cl)ccc2Cl)c1F. The highest BCUT2D eigenvalue weighted by atomic mass is 35.5. The van der Waals surface area contributed by atoms with E-state index in [0.29, 0.717) is 12.1 Å². The standard InChI is InChI=1S/C29H17Cl3F9NO4/c30-20-3-2-16(42-26(45)24-23(27(24,31)32)13-5-14(28(36,37)38)8-15(33)6-13)9-18(20)22(44)7-12-1-4-21(34)19(25(12)35)10-17(43)11-46-29(39,40)41/h1-6,8-9,23-24H,7,10-11H2,(H,42,45)/t23-,24+/m0/s1. The molecule has 0 spiro atoms. The highest BCUT2D eigenvalue weighted by Gasteiger charge is 2.67. The Hall–Kier alpha value is -3.33. The van der Waals surface area contributed by atoms with Crippen molar-refractivity contribution < 1.29 is 58.6 Å². The van der Waals surface area contributed by atoms with Crippen LogP contribution in [0.2, 0.25) is 5.02 Å². The Morgan fingerprint density at radius 1 is 0.891 bits per heavy atom. The van der Waals surface area contributed by atoms with E-state index in [1.807, 2.05) is 0 Å². The van der Waals surface area contributed by atoms with Crippen LogP contribution in [0.3, 0.4) is 0 Å². The fraction of sp³-hybridized carbons (Fsp3) is 0.276. The van der Waals surface area contributed by atoms with Crippen molar-refractivity contribution in [3.05, 3.63) is 98.8 Å². The lowest BCUT2D eigenvalue weighted by molar-refractivity contribution is -0.320. The minimum atomic E-state index is -5.15. The normalized spacial score (nSPS) is 17.5. The van der Waals surface area contributed by atoms with E-state index in [9.17, 15) is 49.5 Å². The topological polar surface area (TPSA) is 72.5 Å². The van der Waals surface area contributed by atoms with Crippen LogP contribution >= 0.6 is 34.8 Å². The van der Waals surface area contributed by atoms with Crippen molar-refractivity contribution in [2.24, 2.45) is 5.92 Å². The first kappa shape index (κ1) is 35.5. The zero-order valence-electron chi connectivity index (χ0n) is 22.6. The number of rotatable bonds is 10. The van der Waals surface area contributed by atoms with Gasteiger partial charge in [-0.3, -0.25) is 19.1 Å². The summed E-state index contributed by atoms with van der Waals surface area (Å²) < 4.78 is 121. The molecule has 0 aromatic heterocycles. The monoisotopic (exact) mass is 719 g/mol. The molecule has 3 aromatic carbocycles. The van der Waals surface area contributed by atoms with Crippen molar-refractivity contribution in [2.45, 2.75) is 35.6 Å². The zero-order valence-corrected chi connectivity index (χ0v) is 24.8. The third-order valence-electron chi connectivity index (χ3n) is 6.86. The number of benzene rings is 3. The summed E-state index contributed by atoms with van der Waals surface area (Å²) in [5.41, 5.74) is -3.25. The molecule has 46 heavy (non-hydrogen) atoms. The van der Waals surface area contributed by atoms with E-state index < -0.39 is 99.8 Å². The Morgan fingerprint density at radius 2 is 1.57 bits per heavy atom. The molecule has 1 N–H and O–H groups in total. The van der Waals surface area contributed by atoms with Crippen molar-refractivity contribution in [3.8, 4) is 0 Å². The van der Waals surface area contributed by atoms with Crippen LogP contribution in [0.15, 0.2) is 48.5 Å². The van der Waals surface area contributed by atoms with Crippen molar-refractivity contribution >= 4 is 58.0 Å². The lowest BCUT2D eigenvalue weighted by atomic mass is 9.98. The average molecular weight is 721 g/mol. The lowest BCUT2D eigenvalue weighted by Gasteiger charge is -2.12. The Labute approximate surface area is 268 Å². The number of ether oxygens (including phenoxy) is 1. The van der Waals surface area contributed by atoms with Crippen LogP contribution < -0.4 is 5.32 Å². The van der Waals surface area contributed by atoms with Gasteiger partial charge >= 0.3 is 12.5 Å². The van der Waals surface area contributed by atoms with E-state index in [1.165, 1.54) is 12.1 Å². The highest BCUT2D eigenvalue weighted by Crippen LogP contribution is 2.65. The first-order valence-electron chi connectivity index (χ1n) is 12.8. The van der Waals surface area contributed by atoms with E-state index >= 15 is 4.39 Å². The lowest BCUT2D eigenvalue weighted by Crippen LogP contribution is -2.21. The van der Waals surface area contributed by atoms with E-state index in [4.69, 9.17) is 34.8 Å². The molecule has 1 amide bonds. The number of amides is 1. The second kappa shape index (κ2) is 13.1. The molecule has 0 heterocycles. The number of ketones is 2. The molecule has 2 atom stereocenters. The van der Waals surface area contributed by atoms with Crippen LogP contribution in [0.5, 0.6) is 0 Å². The smallest absolute Gasteiger partial charge is 0.326 e. The summed E-state index contributed by atoms with van der Waals surface area (Å²) in [4.78, 5) is 37.8. The maximum absolute atomic E-state index is 15.0. The Balaban J connectivity index is 1.50. The molecule has 1 aliphatic carbocycles. The summed E-state index contributed by atoms with van der Waals surface area (Å²) in [6, 6.07) is 6.74. The molecule has 0 bridgehead atoms. The van der Waals surface area contributed by atoms with Crippen LogP contribution in [-0.2, 0) is 33.3 Å². The molecule has 0 aliphatic heterocycles. The average Bonchev–Trinajstić information content (AvgIpc) is 3.53. The quantitative estimate of drug-likeness (QED) is 0.130. The molecule has 0 unspecified atom stereocenters. The number of carbonyl (C=O) groups excluding carboxylic acids is 3. The van der Waals surface area contributed by atoms with Gasteiger partial charge in [0.25, 0.3) is 0 Å². The van der Waals surface area contributed by atoms with Gasteiger partial charge in [-0.15, -0.1) is 36.4 Å². The van der Waals surface area contributed by atoms with Gasteiger partial charge in [0.05, 0.1) is 16.5 Å². The van der Waals surface area contributed by atoms with Gasteiger partial charge in [-0.25, -0.2) is 13.2 Å². The van der Waals surface area contributed by atoms with Gasteiger partial charge in [0.15, 0.2) is 11.6 Å². The number of anilines is 1. The number of carbonyl (C=O) groups is 3. The van der Waals surface area contributed by atoms with Crippen LogP contribution in [-0.4, -0.2) is 34.8 Å². The number of hydrogen-bond acceptors (Lipinski definition) is 4. The van der Waals surface area contributed by atoms with E-state index in [2.05, 4.69) is 10.1 Å². The van der Waals surface area contributed by atoms with Crippen molar-refractivity contribution in [2.75, 3.05) is 11.9 Å². The van der Waals surface area contributed by atoms with Gasteiger partial charge < -0.3 is 5.32 Å². The molecule has 3 aromatic rings. The zero-order chi connectivity index (χ0) is 34.4. The molecule has 246 valence electrons. The summed E-state index contributed by atoms with van der Waals surface area (Å²) in [7, 11) is 0. The van der Waals surface area contributed by atoms with Crippen molar-refractivity contribution in [3.63, 3.8) is 0 Å². The molecular weight excluding hydrogens is 704 g/mol. The van der Waals surface area contributed by atoms with Crippen molar-refractivity contribution in [1.29, 1.82) is 0 Å². The van der Waals surface area contributed by atoms with Gasteiger partial charge in [-0.2, -0.15) is 13.2 Å². The highest BCUT2D eigenvalue weighted by molar-refractivity contribution is 6.53. The summed E-state index contributed by atoms with van der Waals surface area (Å²) in [6.45, 7) is -1.49. The predicted octanol–water partition coefficient (Wildman–Crippen LogP) is 8.38. The summed E-state index contributed by atoms with van der Waals surface area (Å²) in [5.74, 6) is -9.47. The first-order valence-corrected chi connectivity index (χ1v) is 13.9. The summed E-state index contributed by atoms with van der Waals surface area (Å²) in [6.07, 6.45) is -11.9. The summed E-state index contributed by atoms with van der Waals surface area (Å²) >= 11 is 18.5. The molecule has 1 aliphatic rings. The predicted molar refractivity (Wildman–Crippen MR) is 147 cm³/mol. The van der Waals surface area contributed by atoms with Gasteiger partial charge in [0.1, 0.15) is 28.4 Å². The Bertz CT molecular complexity index is 1710. The largest absolute Gasteiger partial charge is 0.522 e. The van der Waals surface area contributed by atoms with Gasteiger partial charge in [-0.05, 0) is 53.6 Å². The minimum Gasteiger partial charge on any atom is -0.326 e. The molecule has 1 saturated carbocycles. The Morgan fingerprint density at radius 3 is 2.20 bits per heavy atom. The molecule has 1 fully saturated rings. The van der Waals surface area contributed by atoms with Gasteiger partial charge in [-0.1, -0.05) is 17.7 Å². The van der Waals surface area contributed by atoms with E-state index in [0.717, 1.165) is 18.2 Å². The van der Waals surface area contributed by atoms with Crippen LogP contribution in [0.25, 0.3) is 0 Å². The maximum atomic E-state index is 15.0. The van der Waals surface area contributed by atoms with Crippen LogP contribution in [0.1, 0.15) is 38.5 Å². The molecule has 5 nitrogen and oxygen atoms in total. The number of Topliss-reactive ketones (excluding diaryl/α,β-unsaturated/α-hetero) is 2. The molecule has 4 rings (SSSR count). The fourth-order valence-corrected chi connectivity index (χ4v) is 5.73. The van der Waals surface area contributed by atoms with E-state index in [-0.39, 0.29) is 27.9 Å². The molecule has 17 heteroatoms. The van der Waals surface area contributed by atoms with E-state index in [1.54, 1.807) is 0 Å². The van der Waals surface area contributed by atoms with Gasteiger partial charge in [0.2, 0.25) is 5.91 Å². The third-order valence-corrected chi connectivity index (χ3v) is 8.13. The number of hydrogen-bond donors (Lipinski definition) is 1. The second-order valence-corrected chi connectivity index (χ2v) is 12.0. The van der Waals surface area contributed by atoms with Crippen LogP contribution in [0, 0.1) is 23.4 Å². The molecule has 0 saturated heterocycles. The van der Waals surface area contributed by atoms with Crippen LogP contribution in [0.4, 0.5) is 45.2 Å². The number of nitrogens with one attached hydrogen (secondary N) is 1. The number of halogens is 12. The third kappa shape index (κ3) is 8.14. The first-order chi connectivity index (χ1) is 21.2. The maximum Gasteiger partial charge on any atom is 0.522 e. The molecular formula is C29H17Cl3F9NO4. The van der Waals surface area contributed by atoms with Gasteiger partial charge in [0, 0.05) is 35.6 Å². The minimum absolute atomic E-state index is 0.0710. The Kier molecular flexibility index (Phi) is 10.1.